The van der Waals surface area contributed by atoms with Gasteiger partial charge < -0.3 is 9.80 Å². The fourth-order valence-electron chi connectivity index (χ4n) is 2.65. The van der Waals surface area contributed by atoms with Crippen molar-refractivity contribution in [2.75, 3.05) is 36.0 Å². The van der Waals surface area contributed by atoms with Gasteiger partial charge in [0.15, 0.2) is 5.01 Å². The minimum atomic E-state index is 0.847. The molecule has 0 aromatic carbocycles. The van der Waals surface area contributed by atoms with E-state index in [0.29, 0.717) is 0 Å². The third kappa shape index (κ3) is 3.22. The first kappa shape index (κ1) is 15.4. The number of rotatable bonds is 3. The maximum atomic E-state index is 4.50. The highest BCUT2D eigenvalue weighted by Gasteiger charge is 2.20. The van der Waals surface area contributed by atoms with Crippen LogP contribution in [0.2, 0.25) is 0 Å². The van der Waals surface area contributed by atoms with Gasteiger partial charge in [0.1, 0.15) is 11.5 Å². The molecule has 0 spiro atoms. The third-order valence-electron chi connectivity index (χ3n) is 3.85. The molecule has 9 heteroatoms. The van der Waals surface area contributed by atoms with Crippen molar-refractivity contribution < 1.29 is 0 Å². The van der Waals surface area contributed by atoms with Gasteiger partial charge in [0.05, 0.1) is 0 Å². The second-order valence-corrected chi connectivity index (χ2v) is 7.24. The van der Waals surface area contributed by atoms with Gasteiger partial charge >= 0.3 is 0 Å². The molecular formula is C15H17N7S2. The van der Waals surface area contributed by atoms with Gasteiger partial charge in [-0.2, -0.15) is 4.37 Å². The van der Waals surface area contributed by atoms with Crippen molar-refractivity contribution >= 4 is 33.1 Å². The van der Waals surface area contributed by atoms with Crippen LogP contribution in [0.4, 0.5) is 10.3 Å². The molecule has 124 valence electrons. The van der Waals surface area contributed by atoms with E-state index >= 15 is 0 Å². The molecule has 0 unspecified atom stereocenters. The normalized spacial score (nSPS) is 15.5. The number of hydrogen-bond donors (Lipinski definition) is 0. The van der Waals surface area contributed by atoms with Gasteiger partial charge in [0.2, 0.25) is 10.3 Å². The summed E-state index contributed by atoms with van der Waals surface area (Å²) in [7, 11) is 0. The molecule has 3 aromatic heterocycles. The average molecular weight is 359 g/mol. The molecule has 3 aromatic rings. The Kier molecular flexibility index (Phi) is 4.35. The van der Waals surface area contributed by atoms with Gasteiger partial charge in [0, 0.05) is 43.9 Å². The molecule has 24 heavy (non-hydrogen) atoms. The van der Waals surface area contributed by atoms with Gasteiger partial charge in [-0.1, -0.05) is 17.4 Å². The SMILES string of the molecule is Cc1nsc(N2CCCN(c3nnc(-c4ccccn4)s3)CC2)n1. The molecule has 1 aliphatic rings. The highest BCUT2D eigenvalue weighted by Crippen LogP contribution is 2.28. The lowest BCUT2D eigenvalue weighted by Gasteiger charge is -2.20. The lowest BCUT2D eigenvalue weighted by molar-refractivity contribution is 0.798. The molecule has 0 N–H and O–H groups in total. The van der Waals surface area contributed by atoms with Crippen LogP contribution in [0.1, 0.15) is 12.2 Å². The second-order valence-electron chi connectivity index (χ2n) is 5.56. The maximum Gasteiger partial charge on any atom is 0.208 e. The van der Waals surface area contributed by atoms with E-state index in [0.717, 1.165) is 59.4 Å². The Hall–Kier alpha value is -2.13. The van der Waals surface area contributed by atoms with E-state index < -0.39 is 0 Å². The molecule has 0 aliphatic carbocycles. The predicted octanol–water partition coefficient (Wildman–Crippen LogP) is 2.48. The van der Waals surface area contributed by atoms with Crippen LogP contribution in [-0.2, 0) is 0 Å². The smallest absolute Gasteiger partial charge is 0.208 e. The van der Waals surface area contributed by atoms with Crippen molar-refractivity contribution in [1.82, 2.24) is 24.5 Å². The average Bonchev–Trinajstić information content (AvgIpc) is 3.20. The number of pyridine rings is 1. The van der Waals surface area contributed by atoms with Crippen LogP contribution >= 0.6 is 22.9 Å². The number of anilines is 2. The molecular weight excluding hydrogens is 342 g/mol. The quantitative estimate of drug-likeness (QED) is 0.711. The van der Waals surface area contributed by atoms with Gasteiger partial charge in [-0.05, 0) is 25.5 Å². The van der Waals surface area contributed by atoms with Gasteiger partial charge in [0.25, 0.3) is 0 Å². The molecule has 7 nitrogen and oxygen atoms in total. The van der Waals surface area contributed by atoms with E-state index in [1.165, 1.54) is 11.5 Å². The lowest BCUT2D eigenvalue weighted by atomic mass is 10.4. The summed E-state index contributed by atoms with van der Waals surface area (Å²) in [5, 5.41) is 11.5. The Morgan fingerprint density at radius 1 is 1.00 bits per heavy atom. The first-order chi connectivity index (χ1) is 11.8. The summed E-state index contributed by atoms with van der Waals surface area (Å²) >= 11 is 3.08. The van der Waals surface area contributed by atoms with Gasteiger partial charge in [-0.25, -0.2) is 4.98 Å². The zero-order valence-corrected chi connectivity index (χ0v) is 14.9. The van der Waals surface area contributed by atoms with E-state index in [1.807, 2.05) is 25.1 Å². The van der Waals surface area contributed by atoms with Crippen LogP contribution in [0.15, 0.2) is 24.4 Å². The van der Waals surface area contributed by atoms with E-state index in [2.05, 4.69) is 34.3 Å². The van der Waals surface area contributed by atoms with Crippen molar-refractivity contribution in [2.24, 2.45) is 0 Å². The number of aromatic nitrogens is 5. The van der Waals surface area contributed by atoms with Crippen LogP contribution in [0, 0.1) is 6.92 Å². The van der Waals surface area contributed by atoms with Crippen LogP contribution in [-0.4, -0.2) is 50.7 Å². The molecule has 0 radical (unpaired) electrons. The molecule has 0 atom stereocenters. The van der Waals surface area contributed by atoms with Crippen molar-refractivity contribution in [3.8, 4) is 10.7 Å². The van der Waals surface area contributed by atoms with Crippen molar-refractivity contribution in [1.29, 1.82) is 0 Å². The van der Waals surface area contributed by atoms with E-state index in [4.69, 9.17) is 0 Å². The van der Waals surface area contributed by atoms with Gasteiger partial charge in [-0.3, -0.25) is 4.98 Å². The summed E-state index contributed by atoms with van der Waals surface area (Å²) in [4.78, 5) is 13.5. The molecule has 0 saturated carbocycles. The highest BCUT2D eigenvalue weighted by atomic mass is 32.1. The number of aryl methyl sites for hydroxylation is 1. The maximum absolute atomic E-state index is 4.50. The molecule has 1 saturated heterocycles. The van der Waals surface area contributed by atoms with Crippen molar-refractivity contribution in [3.05, 3.63) is 30.2 Å². The fourth-order valence-corrected chi connectivity index (χ4v) is 4.25. The zero-order valence-electron chi connectivity index (χ0n) is 13.3. The largest absolute Gasteiger partial charge is 0.345 e. The van der Waals surface area contributed by atoms with Crippen LogP contribution in [0.5, 0.6) is 0 Å². The summed E-state index contributed by atoms with van der Waals surface area (Å²) in [6.45, 7) is 5.75. The summed E-state index contributed by atoms with van der Waals surface area (Å²) in [6.07, 6.45) is 2.85. The molecule has 1 fully saturated rings. The topological polar surface area (TPSA) is 70.9 Å². The Bertz CT molecular complexity index is 801. The summed E-state index contributed by atoms with van der Waals surface area (Å²) in [5.41, 5.74) is 0.877. The van der Waals surface area contributed by atoms with Crippen LogP contribution in [0.25, 0.3) is 10.7 Å². The summed E-state index contributed by atoms with van der Waals surface area (Å²) in [5.74, 6) is 0.847. The Morgan fingerprint density at radius 2 is 1.83 bits per heavy atom. The monoisotopic (exact) mass is 359 g/mol. The standard InChI is InChI=1S/C15H17N7S2/c1-11-17-14(24-20-11)21-7-4-8-22(10-9-21)15-19-18-13(23-15)12-5-2-3-6-16-12/h2-3,5-6H,4,7-10H2,1H3. The molecule has 0 amide bonds. The first-order valence-electron chi connectivity index (χ1n) is 7.85. The van der Waals surface area contributed by atoms with Crippen LogP contribution < -0.4 is 9.80 Å². The van der Waals surface area contributed by atoms with E-state index in [1.54, 1.807) is 17.5 Å². The summed E-state index contributed by atoms with van der Waals surface area (Å²) in [6, 6.07) is 5.84. The highest BCUT2D eigenvalue weighted by molar-refractivity contribution is 7.18. The number of nitrogens with zero attached hydrogens (tertiary/aromatic N) is 7. The fraction of sp³-hybridized carbons (Fsp3) is 0.400. The Labute approximate surface area is 148 Å². The minimum absolute atomic E-state index is 0.847. The molecule has 4 rings (SSSR count). The van der Waals surface area contributed by atoms with Crippen molar-refractivity contribution in [2.45, 2.75) is 13.3 Å². The summed E-state index contributed by atoms with van der Waals surface area (Å²) < 4.78 is 4.28. The predicted molar refractivity (Wildman–Crippen MR) is 96.8 cm³/mol. The first-order valence-corrected chi connectivity index (χ1v) is 9.44. The number of hydrogen-bond acceptors (Lipinski definition) is 9. The minimum Gasteiger partial charge on any atom is -0.345 e. The zero-order chi connectivity index (χ0) is 16.4. The van der Waals surface area contributed by atoms with E-state index in [-0.39, 0.29) is 0 Å². The third-order valence-corrected chi connectivity index (χ3v) is 5.73. The lowest BCUT2D eigenvalue weighted by Crippen LogP contribution is -2.30. The molecule has 4 heterocycles. The van der Waals surface area contributed by atoms with Crippen molar-refractivity contribution in [3.63, 3.8) is 0 Å². The Morgan fingerprint density at radius 3 is 2.54 bits per heavy atom. The Balaban J connectivity index is 1.47. The van der Waals surface area contributed by atoms with Crippen LogP contribution in [0.3, 0.4) is 0 Å². The molecule has 0 bridgehead atoms. The van der Waals surface area contributed by atoms with Gasteiger partial charge in [-0.15, -0.1) is 10.2 Å². The molecule has 1 aliphatic heterocycles. The van der Waals surface area contributed by atoms with E-state index in [9.17, 15) is 0 Å². The second kappa shape index (κ2) is 6.78.